The summed E-state index contributed by atoms with van der Waals surface area (Å²) in [5.74, 6) is 1.57. The molecule has 0 amide bonds. The molecule has 0 aliphatic carbocycles. The number of benzene rings is 1. The highest BCUT2D eigenvalue weighted by Gasteiger charge is 2.22. The third-order valence-electron chi connectivity index (χ3n) is 3.71. The first-order chi connectivity index (χ1) is 10.8. The molecular formula is C17H19FN2OS. The number of aliphatic imine (C=N–C) groups is 1. The van der Waals surface area contributed by atoms with E-state index in [1.165, 1.54) is 6.07 Å². The van der Waals surface area contributed by atoms with Gasteiger partial charge in [-0.3, -0.25) is 0 Å². The largest absolute Gasteiger partial charge is 0.474 e. The number of halogens is 1. The predicted octanol–water partition coefficient (Wildman–Crippen LogP) is 3.57. The summed E-state index contributed by atoms with van der Waals surface area (Å²) in [4.78, 5) is 4.66. The molecule has 0 radical (unpaired) electrons. The molecule has 1 aliphatic heterocycles. The molecule has 1 atom stereocenters. The quantitative estimate of drug-likeness (QED) is 0.814. The monoisotopic (exact) mass is 318 g/mol. The summed E-state index contributed by atoms with van der Waals surface area (Å²) < 4.78 is 21.5. The predicted molar refractivity (Wildman–Crippen MR) is 89.2 cm³/mol. The molecule has 3 nitrogen and oxygen atoms in total. The van der Waals surface area contributed by atoms with Gasteiger partial charge in [-0.2, -0.15) is 11.8 Å². The van der Waals surface area contributed by atoms with E-state index in [1.807, 2.05) is 40.7 Å². The highest BCUT2D eigenvalue weighted by molar-refractivity contribution is 7.98. The van der Waals surface area contributed by atoms with Gasteiger partial charge in [0, 0.05) is 11.8 Å². The van der Waals surface area contributed by atoms with Crippen molar-refractivity contribution in [3.05, 3.63) is 59.7 Å². The van der Waals surface area contributed by atoms with Crippen molar-refractivity contribution in [2.75, 3.05) is 18.6 Å². The number of hydrogen-bond donors (Lipinski definition) is 0. The number of hydrogen-bond acceptors (Lipinski definition) is 3. The zero-order valence-electron chi connectivity index (χ0n) is 12.5. The second-order valence-corrected chi connectivity index (χ2v) is 6.28. The van der Waals surface area contributed by atoms with Gasteiger partial charge in [-0.05, 0) is 36.6 Å². The Morgan fingerprint density at radius 1 is 1.32 bits per heavy atom. The zero-order valence-corrected chi connectivity index (χ0v) is 13.4. The highest BCUT2D eigenvalue weighted by Crippen LogP contribution is 2.18. The maximum absolute atomic E-state index is 13.8. The first-order valence-corrected chi connectivity index (χ1v) is 8.76. The van der Waals surface area contributed by atoms with Crippen molar-refractivity contribution in [3.63, 3.8) is 0 Å². The highest BCUT2D eigenvalue weighted by atomic mass is 32.2. The van der Waals surface area contributed by atoms with Crippen molar-refractivity contribution < 1.29 is 9.13 Å². The van der Waals surface area contributed by atoms with Gasteiger partial charge < -0.3 is 9.30 Å². The fourth-order valence-electron chi connectivity index (χ4n) is 2.51. The average molecular weight is 318 g/mol. The Balaban J connectivity index is 1.77. The second-order valence-electron chi connectivity index (χ2n) is 5.29. The Bertz CT molecular complexity index is 668. The zero-order chi connectivity index (χ0) is 15.4. The molecule has 0 saturated heterocycles. The summed E-state index contributed by atoms with van der Waals surface area (Å²) in [5, 5.41) is 0. The Hall–Kier alpha value is -1.75. The molecular weight excluding hydrogens is 299 g/mol. The van der Waals surface area contributed by atoms with Crippen LogP contribution in [0.1, 0.15) is 17.7 Å². The van der Waals surface area contributed by atoms with E-state index >= 15 is 0 Å². The normalized spacial score (nSPS) is 17.4. The lowest BCUT2D eigenvalue weighted by Crippen LogP contribution is -2.11. The van der Waals surface area contributed by atoms with Gasteiger partial charge >= 0.3 is 0 Å². The van der Waals surface area contributed by atoms with E-state index in [1.54, 1.807) is 12.1 Å². The lowest BCUT2D eigenvalue weighted by molar-refractivity contribution is 0.314. The van der Waals surface area contributed by atoms with Gasteiger partial charge in [-0.1, -0.05) is 18.2 Å². The van der Waals surface area contributed by atoms with Crippen molar-refractivity contribution >= 4 is 17.7 Å². The lowest BCUT2D eigenvalue weighted by Gasteiger charge is -2.09. The number of aromatic nitrogens is 1. The van der Waals surface area contributed by atoms with Crippen molar-refractivity contribution in [2.45, 2.75) is 19.0 Å². The van der Waals surface area contributed by atoms with Crippen molar-refractivity contribution in [2.24, 2.45) is 4.99 Å². The minimum absolute atomic E-state index is 0.186. The summed E-state index contributed by atoms with van der Waals surface area (Å²) in [5.41, 5.74) is 1.58. The SMILES string of the molecule is CSCCC1COC(c2cccn2Cc2ccccc2F)=N1. The molecule has 3 rings (SSSR count). The summed E-state index contributed by atoms with van der Waals surface area (Å²) >= 11 is 1.82. The van der Waals surface area contributed by atoms with Crippen LogP contribution in [0.25, 0.3) is 0 Å². The minimum atomic E-state index is -0.186. The third-order valence-corrected chi connectivity index (χ3v) is 4.36. The number of ether oxygens (including phenoxy) is 1. The van der Waals surface area contributed by atoms with Crippen molar-refractivity contribution in [3.8, 4) is 0 Å². The molecule has 0 N–H and O–H groups in total. The van der Waals surface area contributed by atoms with E-state index in [0.717, 1.165) is 17.9 Å². The Morgan fingerprint density at radius 2 is 2.18 bits per heavy atom. The molecule has 0 fully saturated rings. The molecule has 0 saturated carbocycles. The van der Waals surface area contributed by atoms with Crippen LogP contribution in [-0.2, 0) is 11.3 Å². The van der Waals surface area contributed by atoms with E-state index in [-0.39, 0.29) is 11.9 Å². The van der Waals surface area contributed by atoms with Gasteiger partial charge in [0.25, 0.3) is 0 Å². The van der Waals surface area contributed by atoms with E-state index in [0.29, 0.717) is 24.6 Å². The van der Waals surface area contributed by atoms with Crippen LogP contribution < -0.4 is 0 Å². The number of nitrogens with zero attached hydrogens (tertiary/aromatic N) is 2. The van der Waals surface area contributed by atoms with E-state index in [2.05, 4.69) is 11.2 Å². The number of thioether (sulfide) groups is 1. The molecule has 2 heterocycles. The molecule has 1 aliphatic rings. The summed E-state index contributed by atoms with van der Waals surface area (Å²) in [7, 11) is 0. The molecule has 5 heteroatoms. The second kappa shape index (κ2) is 7.01. The smallest absolute Gasteiger partial charge is 0.233 e. The summed E-state index contributed by atoms with van der Waals surface area (Å²) in [6.45, 7) is 1.12. The Labute approximate surface area is 134 Å². The summed E-state index contributed by atoms with van der Waals surface area (Å²) in [6.07, 6.45) is 5.06. The third kappa shape index (κ3) is 3.35. The van der Waals surface area contributed by atoms with Gasteiger partial charge in [0.2, 0.25) is 5.90 Å². The van der Waals surface area contributed by atoms with Crippen LogP contribution in [0.5, 0.6) is 0 Å². The van der Waals surface area contributed by atoms with E-state index < -0.39 is 0 Å². The van der Waals surface area contributed by atoms with Crippen LogP contribution in [0.3, 0.4) is 0 Å². The van der Waals surface area contributed by atoms with Gasteiger partial charge in [0.05, 0.1) is 12.6 Å². The molecule has 0 bridgehead atoms. The van der Waals surface area contributed by atoms with Gasteiger partial charge in [-0.15, -0.1) is 0 Å². The maximum atomic E-state index is 13.8. The average Bonchev–Trinajstić information content (AvgIpc) is 3.16. The molecule has 2 aromatic rings. The fraction of sp³-hybridized carbons (Fsp3) is 0.353. The molecule has 0 spiro atoms. The minimum Gasteiger partial charge on any atom is -0.474 e. The van der Waals surface area contributed by atoms with Crippen molar-refractivity contribution in [1.29, 1.82) is 0 Å². The molecule has 116 valence electrons. The Kier molecular flexibility index (Phi) is 4.83. The van der Waals surface area contributed by atoms with Gasteiger partial charge in [-0.25, -0.2) is 9.38 Å². The van der Waals surface area contributed by atoms with Crippen LogP contribution in [0.15, 0.2) is 47.6 Å². The fourth-order valence-corrected chi connectivity index (χ4v) is 3.02. The van der Waals surface area contributed by atoms with E-state index in [9.17, 15) is 4.39 Å². The molecule has 22 heavy (non-hydrogen) atoms. The van der Waals surface area contributed by atoms with Crippen LogP contribution in [0, 0.1) is 5.82 Å². The number of rotatable bonds is 6. The standard InChI is InChI=1S/C17H19FN2OS/c1-22-10-8-14-12-21-17(19-14)16-7-4-9-20(16)11-13-5-2-3-6-15(13)18/h2-7,9,14H,8,10-12H2,1H3. The first-order valence-electron chi connectivity index (χ1n) is 7.36. The maximum Gasteiger partial charge on any atom is 0.233 e. The lowest BCUT2D eigenvalue weighted by atomic mass is 10.2. The molecule has 1 aromatic carbocycles. The Morgan fingerprint density at radius 3 is 3.00 bits per heavy atom. The van der Waals surface area contributed by atoms with Crippen LogP contribution in [0.4, 0.5) is 4.39 Å². The van der Waals surface area contributed by atoms with Crippen LogP contribution in [0.2, 0.25) is 0 Å². The molecule has 1 aromatic heterocycles. The van der Waals surface area contributed by atoms with E-state index in [4.69, 9.17) is 4.74 Å². The topological polar surface area (TPSA) is 26.5 Å². The van der Waals surface area contributed by atoms with Gasteiger partial charge in [0.15, 0.2) is 0 Å². The van der Waals surface area contributed by atoms with Crippen molar-refractivity contribution in [1.82, 2.24) is 4.57 Å². The molecule has 1 unspecified atom stereocenters. The summed E-state index contributed by atoms with van der Waals surface area (Å²) in [6, 6.07) is 11.0. The first kappa shape index (κ1) is 15.2. The van der Waals surface area contributed by atoms with Gasteiger partial charge in [0.1, 0.15) is 18.1 Å². The van der Waals surface area contributed by atoms with Crippen LogP contribution in [-0.4, -0.2) is 35.1 Å². The van der Waals surface area contributed by atoms with Crippen LogP contribution >= 0.6 is 11.8 Å².